The lowest BCUT2D eigenvalue weighted by molar-refractivity contribution is 0.378. The number of aliphatic imine (C=N–C) groups is 2. The van der Waals surface area contributed by atoms with Crippen LogP contribution in [0.25, 0.3) is 0 Å². The number of hydrogen-bond donors (Lipinski definition) is 1. The first-order valence-corrected chi connectivity index (χ1v) is 10.4. The van der Waals surface area contributed by atoms with Gasteiger partial charge >= 0.3 is 0 Å². The average Bonchev–Trinajstić information content (AvgIpc) is 2.75. The highest BCUT2D eigenvalue weighted by molar-refractivity contribution is 6.10. The van der Waals surface area contributed by atoms with E-state index in [1.54, 1.807) is 12.3 Å². The molecule has 0 spiro atoms. The van der Waals surface area contributed by atoms with Crippen LogP contribution in [-0.2, 0) is 6.54 Å². The maximum Gasteiger partial charge on any atom is 0.0894 e. The van der Waals surface area contributed by atoms with Crippen molar-refractivity contribution in [3.8, 4) is 0 Å². The van der Waals surface area contributed by atoms with Crippen molar-refractivity contribution in [2.45, 2.75) is 44.7 Å². The normalized spacial score (nSPS) is 16.4. The van der Waals surface area contributed by atoms with Crippen molar-refractivity contribution in [1.82, 2.24) is 10.2 Å². The molecule has 1 N–H and O–H groups in total. The molecule has 29 heavy (non-hydrogen) atoms. The molecule has 1 aromatic carbocycles. The summed E-state index contributed by atoms with van der Waals surface area (Å²) in [6.45, 7) is 8.84. The van der Waals surface area contributed by atoms with E-state index in [1.807, 2.05) is 18.2 Å². The van der Waals surface area contributed by atoms with Gasteiger partial charge in [-0.2, -0.15) is 0 Å². The van der Waals surface area contributed by atoms with Gasteiger partial charge in [0.25, 0.3) is 0 Å². The molecule has 0 saturated heterocycles. The Bertz CT molecular complexity index is 737. The minimum Gasteiger partial charge on any atom is -0.376 e. The number of hydrogen-bond acceptors (Lipinski definition) is 4. The van der Waals surface area contributed by atoms with Gasteiger partial charge < -0.3 is 4.90 Å². The summed E-state index contributed by atoms with van der Waals surface area (Å²) in [7, 11) is 2.07. The molecule has 4 heteroatoms. The van der Waals surface area contributed by atoms with Crippen LogP contribution in [-0.4, -0.2) is 37.1 Å². The third-order valence-corrected chi connectivity index (χ3v) is 4.95. The second kappa shape index (κ2) is 13.5. The molecular weight excluding hydrogens is 356 g/mol. The van der Waals surface area contributed by atoms with E-state index in [0.717, 1.165) is 17.8 Å². The number of nitrogens with one attached hydrogen (secondary N) is 1. The van der Waals surface area contributed by atoms with Crippen LogP contribution in [0, 0.1) is 0 Å². The van der Waals surface area contributed by atoms with E-state index in [9.17, 15) is 0 Å². The van der Waals surface area contributed by atoms with Gasteiger partial charge in [0.2, 0.25) is 0 Å². The van der Waals surface area contributed by atoms with Gasteiger partial charge in [-0.25, -0.2) is 0 Å². The van der Waals surface area contributed by atoms with Gasteiger partial charge in [0.1, 0.15) is 0 Å². The zero-order valence-electron chi connectivity index (χ0n) is 17.6. The van der Waals surface area contributed by atoms with E-state index < -0.39 is 0 Å². The molecule has 2 rings (SSSR count). The van der Waals surface area contributed by atoms with Gasteiger partial charge in [-0.05, 0) is 43.5 Å². The van der Waals surface area contributed by atoms with Crippen LogP contribution in [0.1, 0.15) is 37.7 Å². The summed E-state index contributed by atoms with van der Waals surface area (Å²) < 4.78 is 0. The van der Waals surface area contributed by atoms with Crippen LogP contribution >= 0.6 is 0 Å². The van der Waals surface area contributed by atoms with Crippen LogP contribution < -0.4 is 5.32 Å². The van der Waals surface area contributed by atoms with Crippen LogP contribution in [0.3, 0.4) is 0 Å². The van der Waals surface area contributed by atoms with Crippen molar-refractivity contribution in [3.05, 3.63) is 84.8 Å². The van der Waals surface area contributed by atoms with E-state index in [2.05, 4.69) is 72.1 Å². The van der Waals surface area contributed by atoms with Crippen molar-refractivity contribution in [3.63, 3.8) is 0 Å². The van der Waals surface area contributed by atoms with Gasteiger partial charge in [-0.3, -0.25) is 15.3 Å². The molecule has 0 radical (unpaired) electrons. The molecule has 1 aliphatic carbocycles. The third-order valence-electron chi connectivity index (χ3n) is 4.95. The fourth-order valence-corrected chi connectivity index (χ4v) is 3.42. The van der Waals surface area contributed by atoms with Crippen LogP contribution in [0.4, 0.5) is 0 Å². The number of nitrogens with zero attached hydrogens (tertiary/aromatic N) is 3. The molecule has 1 aromatic rings. The molecule has 0 amide bonds. The Balaban J connectivity index is 2.05. The highest BCUT2D eigenvalue weighted by atomic mass is 15.1. The largest absolute Gasteiger partial charge is 0.376 e. The summed E-state index contributed by atoms with van der Waals surface area (Å²) in [5.41, 5.74) is 3.13. The van der Waals surface area contributed by atoms with Crippen molar-refractivity contribution in [1.29, 1.82) is 0 Å². The lowest BCUT2D eigenvalue weighted by atomic mass is 9.96. The molecule has 154 valence electrons. The van der Waals surface area contributed by atoms with Crippen LogP contribution in [0.2, 0.25) is 0 Å². The lowest BCUT2D eigenvalue weighted by Gasteiger charge is -2.22. The standard InChI is InChI=1S/C25H34N4/c1-4-11-23(17-19-29(3)20-22-12-7-5-8-13-22)25(16-18-26-2)28-21-27-24-14-9-6-10-15-24/h4-5,7-8,11-13,16-19,24,27H,1-2,6,9-10,14-15,20-21H2,3H3/b18-16-,19-17-,23-11+,28-25+. The molecule has 0 unspecified atom stereocenters. The molecule has 1 aliphatic rings. The minimum absolute atomic E-state index is 0.578. The van der Waals surface area contributed by atoms with Gasteiger partial charge in [-0.1, -0.05) is 68.3 Å². The van der Waals surface area contributed by atoms with E-state index in [4.69, 9.17) is 4.99 Å². The Labute approximate surface area is 176 Å². The fourth-order valence-electron chi connectivity index (χ4n) is 3.42. The Hall–Kier alpha value is -2.72. The van der Waals surface area contributed by atoms with Gasteiger partial charge in [0, 0.05) is 31.4 Å². The molecule has 0 heterocycles. The van der Waals surface area contributed by atoms with Crippen molar-refractivity contribution in [2.24, 2.45) is 9.98 Å². The zero-order valence-corrected chi connectivity index (χ0v) is 17.6. The first kappa shape index (κ1) is 22.6. The average molecular weight is 391 g/mol. The number of rotatable bonds is 11. The topological polar surface area (TPSA) is 40.0 Å². The maximum atomic E-state index is 4.78. The summed E-state index contributed by atoms with van der Waals surface area (Å²) in [5.74, 6) is 0. The first-order chi connectivity index (χ1) is 14.2. The lowest BCUT2D eigenvalue weighted by Crippen LogP contribution is -2.31. The summed E-state index contributed by atoms with van der Waals surface area (Å²) in [4.78, 5) is 10.8. The summed E-state index contributed by atoms with van der Waals surface area (Å²) in [5, 5.41) is 3.57. The number of allylic oxidation sites excluding steroid dienone is 5. The molecule has 0 atom stereocenters. The van der Waals surface area contributed by atoms with Gasteiger partial charge in [0.05, 0.1) is 12.4 Å². The molecule has 0 aliphatic heterocycles. The SMILES string of the molecule is C=C/C=C(\C=C/N(C)Cc1ccccc1)C(/C=C\N=C)=N/CNC1CCCCC1. The van der Waals surface area contributed by atoms with E-state index >= 15 is 0 Å². The molecule has 1 saturated carbocycles. The van der Waals surface area contributed by atoms with Crippen LogP contribution in [0.5, 0.6) is 0 Å². The van der Waals surface area contributed by atoms with E-state index in [1.165, 1.54) is 37.7 Å². The van der Waals surface area contributed by atoms with E-state index in [-0.39, 0.29) is 0 Å². The highest BCUT2D eigenvalue weighted by Gasteiger charge is 2.11. The second-order valence-electron chi connectivity index (χ2n) is 7.31. The highest BCUT2D eigenvalue weighted by Crippen LogP contribution is 2.17. The monoisotopic (exact) mass is 390 g/mol. The summed E-state index contributed by atoms with van der Waals surface area (Å²) >= 11 is 0. The van der Waals surface area contributed by atoms with Crippen molar-refractivity contribution >= 4 is 12.4 Å². The predicted octanol–water partition coefficient (Wildman–Crippen LogP) is 5.28. The quantitative estimate of drug-likeness (QED) is 0.412. The van der Waals surface area contributed by atoms with Crippen molar-refractivity contribution < 1.29 is 0 Å². The fraction of sp³-hybridized carbons (Fsp3) is 0.360. The Morgan fingerprint density at radius 3 is 2.62 bits per heavy atom. The van der Waals surface area contributed by atoms with Crippen LogP contribution in [0.15, 0.2) is 89.2 Å². The smallest absolute Gasteiger partial charge is 0.0894 e. The molecule has 0 aromatic heterocycles. The van der Waals surface area contributed by atoms with Gasteiger partial charge in [0.15, 0.2) is 0 Å². The molecule has 4 nitrogen and oxygen atoms in total. The zero-order chi connectivity index (χ0) is 20.7. The maximum absolute atomic E-state index is 4.78. The van der Waals surface area contributed by atoms with Gasteiger partial charge in [-0.15, -0.1) is 0 Å². The number of benzene rings is 1. The van der Waals surface area contributed by atoms with E-state index in [0.29, 0.717) is 12.7 Å². The summed E-state index contributed by atoms with van der Waals surface area (Å²) in [6, 6.07) is 11.0. The molecule has 1 fully saturated rings. The molecular formula is C25H34N4. The summed E-state index contributed by atoms with van der Waals surface area (Å²) in [6.07, 6.45) is 17.9. The molecule has 0 bridgehead atoms. The second-order valence-corrected chi connectivity index (χ2v) is 7.31. The minimum atomic E-state index is 0.578. The first-order valence-electron chi connectivity index (χ1n) is 10.4. The Kier molecular flexibility index (Phi) is 10.5. The predicted molar refractivity (Wildman–Crippen MR) is 126 cm³/mol. The Morgan fingerprint density at radius 2 is 1.93 bits per heavy atom. The third kappa shape index (κ3) is 8.88. The Morgan fingerprint density at radius 1 is 1.17 bits per heavy atom. The van der Waals surface area contributed by atoms with Crippen molar-refractivity contribution in [2.75, 3.05) is 13.7 Å².